The molecular formula is C20H21NO3S. The second-order valence-corrected chi connectivity index (χ2v) is 6.41. The second kappa shape index (κ2) is 9.69. The van der Waals surface area contributed by atoms with E-state index in [1.54, 1.807) is 30.8 Å². The molecule has 2 aromatic rings. The third-order valence-electron chi connectivity index (χ3n) is 3.28. The smallest absolute Gasteiger partial charge is 0.330 e. The maximum absolute atomic E-state index is 12.2. The van der Waals surface area contributed by atoms with Gasteiger partial charge < -0.3 is 10.1 Å². The van der Waals surface area contributed by atoms with Crippen LogP contribution in [0.25, 0.3) is 0 Å². The number of hydrogen-bond donors (Lipinski definition) is 1. The van der Waals surface area contributed by atoms with Crippen molar-refractivity contribution in [3.8, 4) is 0 Å². The molecule has 0 bridgehead atoms. The SMILES string of the molecule is CCOC(=O)/C=C/CSc1ccc(NC(=O)c2cccc(C)c2)cc1. The Kier molecular flexibility index (Phi) is 7.29. The van der Waals surface area contributed by atoms with Crippen molar-refractivity contribution in [2.75, 3.05) is 17.7 Å². The predicted molar refractivity (Wildman–Crippen MR) is 102 cm³/mol. The molecule has 4 nitrogen and oxygen atoms in total. The number of benzene rings is 2. The van der Waals surface area contributed by atoms with Gasteiger partial charge >= 0.3 is 5.97 Å². The van der Waals surface area contributed by atoms with Crippen molar-refractivity contribution < 1.29 is 14.3 Å². The Labute approximate surface area is 152 Å². The summed E-state index contributed by atoms with van der Waals surface area (Å²) in [6, 6.07) is 15.1. The van der Waals surface area contributed by atoms with Crippen LogP contribution >= 0.6 is 11.8 Å². The lowest BCUT2D eigenvalue weighted by molar-refractivity contribution is -0.137. The summed E-state index contributed by atoms with van der Waals surface area (Å²) in [4.78, 5) is 24.4. The van der Waals surface area contributed by atoms with E-state index in [-0.39, 0.29) is 11.9 Å². The van der Waals surface area contributed by atoms with Gasteiger partial charge in [0.25, 0.3) is 5.91 Å². The van der Waals surface area contributed by atoms with Gasteiger partial charge in [0.1, 0.15) is 0 Å². The molecule has 1 N–H and O–H groups in total. The third kappa shape index (κ3) is 6.47. The Hall–Kier alpha value is -2.53. The molecule has 0 aliphatic rings. The summed E-state index contributed by atoms with van der Waals surface area (Å²) >= 11 is 1.60. The molecular weight excluding hydrogens is 334 g/mol. The van der Waals surface area contributed by atoms with Crippen molar-refractivity contribution in [3.05, 3.63) is 71.8 Å². The Morgan fingerprint density at radius 2 is 1.92 bits per heavy atom. The molecule has 0 aliphatic carbocycles. The third-order valence-corrected chi connectivity index (χ3v) is 4.24. The fourth-order valence-electron chi connectivity index (χ4n) is 2.10. The van der Waals surface area contributed by atoms with Gasteiger partial charge in [-0.1, -0.05) is 23.8 Å². The molecule has 2 aromatic carbocycles. The van der Waals surface area contributed by atoms with Gasteiger partial charge in [0.05, 0.1) is 6.61 Å². The van der Waals surface area contributed by atoms with E-state index in [1.807, 2.05) is 49.4 Å². The van der Waals surface area contributed by atoms with Crippen LogP contribution in [0.2, 0.25) is 0 Å². The molecule has 0 heterocycles. The number of hydrogen-bond acceptors (Lipinski definition) is 4. The number of rotatable bonds is 7. The van der Waals surface area contributed by atoms with Crippen molar-refractivity contribution in [2.24, 2.45) is 0 Å². The van der Waals surface area contributed by atoms with Gasteiger partial charge in [0.15, 0.2) is 0 Å². The minimum atomic E-state index is -0.322. The van der Waals surface area contributed by atoms with Gasteiger partial charge in [-0.3, -0.25) is 4.79 Å². The Morgan fingerprint density at radius 1 is 1.16 bits per heavy atom. The first kappa shape index (κ1) is 18.8. The highest BCUT2D eigenvalue weighted by Gasteiger charge is 2.06. The molecule has 0 unspecified atom stereocenters. The van der Waals surface area contributed by atoms with Crippen LogP contribution in [0.15, 0.2) is 65.6 Å². The second-order valence-electron chi connectivity index (χ2n) is 5.31. The van der Waals surface area contributed by atoms with Crippen LogP contribution in [0, 0.1) is 6.92 Å². The Balaban J connectivity index is 1.85. The fourth-order valence-corrected chi connectivity index (χ4v) is 2.82. The molecule has 0 saturated heterocycles. The van der Waals surface area contributed by atoms with E-state index in [9.17, 15) is 9.59 Å². The van der Waals surface area contributed by atoms with Crippen molar-refractivity contribution in [3.63, 3.8) is 0 Å². The lowest BCUT2D eigenvalue weighted by atomic mass is 10.1. The van der Waals surface area contributed by atoms with Gasteiger partial charge in [-0.25, -0.2) is 4.79 Å². The number of nitrogens with one attached hydrogen (secondary N) is 1. The fraction of sp³-hybridized carbons (Fsp3) is 0.200. The molecule has 5 heteroatoms. The monoisotopic (exact) mass is 355 g/mol. The van der Waals surface area contributed by atoms with E-state index in [0.29, 0.717) is 17.9 Å². The quantitative estimate of drug-likeness (QED) is 0.453. The maximum Gasteiger partial charge on any atom is 0.330 e. The van der Waals surface area contributed by atoms with Gasteiger partial charge in [-0.05, 0) is 50.2 Å². The van der Waals surface area contributed by atoms with Crippen LogP contribution in [0.5, 0.6) is 0 Å². The molecule has 0 atom stereocenters. The van der Waals surface area contributed by atoms with Crippen LogP contribution in [0.1, 0.15) is 22.8 Å². The van der Waals surface area contributed by atoms with Crippen LogP contribution in [-0.4, -0.2) is 24.2 Å². The van der Waals surface area contributed by atoms with Crippen molar-refractivity contribution in [1.29, 1.82) is 0 Å². The van der Waals surface area contributed by atoms with E-state index in [1.165, 1.54) is 6.08 Å². The molecule has 2 rings (SSSR count). The average Bonchev–Trinajstić information content (AvgIpc) is 2.60. The molecule has 1 amide bonds. The van der Waals surface area contributed by atoms with E-state index in [0.717, 1.165) is 16.1 Å². The number of ether oxygens (including phenoxy) is 1. The molecule has 25 heavy (non-hydrogen) atoms. The molecule has 0 aromatic heterocycles. The average molecular weight is 355 g/mol. The van der Waals surface area contributed by atoms with Crippen LogP contribution in [0.4, 0.5) is 5.69 Å². The Bertz CT molecular complexity index is 754. The van der Waals surface area contributed by atoms with Crippen molar-refractivity contribution in [2.45, 2.75) is 18.7 Å². The van der Waals surface area contributed by atoms with E-state index < -0.39 is 0 Å². The molecule has 130 valence electrons. The van der Waals surface area contributed by atoms with E-state index in [4.69, 9.17) is 4.74 Å². The van der Waals surface area contributed by atoms with Gasteiger partial charge in [0.2, 0.25) is 0 Å². The summed E-state index contributed by atoms with van der Waals surface area (Å²) in [5.74, 6) is 0.229. The molecule has 0 spiro atoms. The first-order chi connectivity index (χ1) is 12.1. The van der Waals surface area contributed by atoms with E-state index >= 15 is 0 Å². The topological polar surface area (TPSA) is 55.4 Å². The summed E-state index contributed by atoms with van der Waals surface area (Å²) in [6.07, 6.45) is 3.21. The van der Waals surface area contributed by atoms with E-state index in [2.05, 4.69) is 5.32 Å². The number of anilines is 1. The Morgan fingerprint density at radius 3 is 2.60 bits per heavy atom. The van der Waals surface area contributed by atoms with Gasteiger partial charge in [-0.15, -0.1) is 11.8 Å². The van der Waals surface area contributed by atoms with Crippen molar-refractivity contribution in [1.82, 2.24) is 0 Å². The largest absolute Gasteiger partial charge is 0.463 e. The van der Waals surface area contributed by atoms with Gasteiger partial charge in [0, 0.05) is 28.0 Å². The number of carbonyl (C=O) groups is 2. The minimum Gasteiger partial charge on any atom is -0.463 e. The summed E-state index contributed by atoms with van der Waals surface area (Å²) in [7, 11) is 0. The zero-order chi connectivity index (χ0) is 18.1. The highest BCUT2D eigenvalue weighted by Crippen LogP contribution is 2.21. The highest BCUT2D eigenvalue weighted by molar-refractivity contribution is 7.99. The van der Waals surface area contributed by atoms with Crippen LogP contribution in [0.3, 0.4) is 0 Å². The zero-order valence-corrected chi connectivity index (χ0v) is 15.1. The summed E-state index contributed by atoms with van der Waals surface area (Å²) in [5, 5.41) is 2.89. The number of amides is 1. The predicted octanol–water partition coefficient (Wildman–Crippen LogP) is 4.46. The number of thioether (sulfide) groups is 1. The lowest BCUT2D eigenvalue weighted by Gasteiger charge is -2.07. The molecule has 0 fully saturated rings. The zero-order valence-electron chi connectivity index (χ0n) is 14.3. The van der Waals surface area contributed by atoms with Crippen molar-refractivity contribution >= 4 is 29.3 Å². The standard InChI is InChI=1S/C20H21NO3S/c1-3-24-19(22)8-5-13-25-18-11-9-17(10-12-18)21-20(23)16-7-4-6-15(2)14-16/h4-12,14H,3,13H2,1-2H3,(H,21,23)/b8-5+. The number of esters is 1. The number of carbonyl (C=O) groups excluding carboxylic acids is 2. The first-order valence-corrected chi connectivity index (χ1v) is 9.01. The summed E-state index contributed by atoms with van der Waals surface area (Å²) < 4.78 is 4.82. The lowest BCUT2D eigenvalue weighted by Crippen LogP contribution is -2.11. The molecule has 0 radical (unpaired) electrons. The maximum atomic E-state index is 12.2. The first-order valence-electron chi connectivity index (χ1n) is 8.02. The van der Waals surface area contributed by atoms with Gasteiger partial charge in [-0.2, -0.15) is 0 Å². The van der Waals surface area contributed by atoms with Crippen LogP contribution in [-0.2, 0) is 9.53 Å². The normalized spacial score (nSPS) is 10.6. The summed E-state index contributed by atoms with van der Waals surface area (Å²) in [5.41, 5.74) is 2.44. The summed E-state index contributed by atoms with van der Waals surface area (Å²) in [6.45, 7) is 4.12. The molecule has 0 saturated carbocycles. The highest BCUT2D eigenvalue weighted by atomic mass is 32.2. The van der Waals surface area contributed by atoms with Crippen LogP contribution < -0.4 is 5.32 Å². The number of aryl methyl sites for hydroxylation is 1. The molecule has 0 aliphatic heterocycles. The minimum absolute atomic E-state index is 0.124.